The number of carbonyl (C=O) groups excluding carboxylic acids is 1. The maximum absolute atomic E-state index is 11.7. The summed E-state index contributed by atoms with van der Waals surface area (Å²) >= 11 is 0. The predicted octanol–water partition coefficient (Wildman–Crippen LogP) is 4.83. The molecular formula is C18H28O2. The van der Waals surface area contributed by atoms with Gasteiger partial charge in [-0.15, -0.1) is 0 Å². The molecule has 0 aliphatic carbocycles. The third kappa shape index (κ3) is 7.32. The van der Waals surface area contributed by atoms with Crippen LogP contribution in [0.2, 0.25) is 0 Å². The zero-order valence-electron chi connectivity index (χ0n) is 13.0. The fraction of sp³-hybridized carbons (Fsp3) is 0.611. The zero-order valence-corrected chi connectivity index (χ0v) is 13.0. The topological polar surface area (TPSA) is 26.3 Å². The van der Waals surface area contributed by atoms with Crippen LogP contribution in [0.1, 0.15) is 63.0 Å². The van der Waals surface area contributed by atoms with Gasteiger partial charge in [-0.1, -0.05) is 69.7 Å². The number of ether oxygens (including phenoxy) is 1. The van der Waals surface area contributed by atoms with Crippen LogP contribution in [-0.2, 0) is 16.0 Å². The van der Waals surface area contributed by atoms with Crippen LogP contribution < -0.4 is 0 Å². The normalized spacial score (nSPS) is 10.5. The van der Waals surface area contributed by atoms with Crippen molar-refractivity contribution < 1.29 is 9.53 Å². The highest BCUT2D eigenvalue weighted by Gasteiger charge is 2.06. The van der Waals surface area contributed by atoms with Crippen LogP contribution in [0.25, 0.3) is 0 Å². The molecule has 0 radical (unpaired) electrons. The number of hydrogen-bond acceptors (Lipinski definition) is 2. The molecule has 0 atom stereocenters. The van der Waals surface area contributed by atoms with Crippen LogP contribution >= 0.6 is 0 Å². The van der Waals surface area contributed by atoms with Crippen LogP contribution in [0.15, 0.2) is 24.3 Å². The van der Waals surface area contributed by atoms with Gasteiger partial charge >= 0.3 is 5.97 Å². The smallest absolute Gasteiger partial charge is 0.310 e. The predicted molar refractivity (Wildman–Crippen MR) is 83.8 cm³/mol. The first-order valence-electron chi connectivity index (χ1n) is 7.94. The summed E-state index contributed by atoms with van der Waals surface area (Å²) in [6.45, 7) is 4.82. The first-order chi connectivity index (χ1) is 9.74. The van der Waals surface area contributed by atoms with Gasteiger partial charge in [0.2, 0.25) is 0 Å². The zero-order chi connectivity index (χ0) is 14.6. The van der Waals surface area contributed by atoms with Crippen LogP contribution in [0.5, 0.6) is 0 Å². The van der Waals surface area contributed by atoms with Gasteiger partial charge in [0.05, 0.1) is 13.0 Å². The number of rotatable bonds is 10. The van der Waals surface area contributed by atoms with Gasteiger partial charge in [0, 0.05) is 0 Å². The van der Waals surface area contributed by atoms with Gasteiger partial charge in [-0.2, -0.15) is 0 Å². The lowest BCUT2D eigenvalue weighted by Crippen LogP contribution is -2.09. The molecule has 0 N–H and O–H groups in total. The molecular weight excluding hydrogens is 248 g/mol. The number of hydrogen-bond donors (Lipinski definition) is 0. The van der Waals surface area contributed by atoms with Crippen molar-refractivity contribution in [2.75, 3.05) is 6.61 Å². The molecule has 1 aromatic carbocycles. The molecule has 2 heteroatoms. The molecule has 112 valence electrons. The molecule has 0 saturated carbocycles. The Balaban J connectivity index is 2.05. The molecule has 1 aromatic rings. The molecule has 0 saturated heterocycles. The van der Waals surface area contributed by atoms with Gasteiger partial charge in [-0.05, 0) is 24.5 Å². The maximum atomic E-state index is 11.7. The van der Waals surface area contributed by atoms with Gasteiger partial charge in [0.15, 0.2) is 0 Å². The van der Waals surface area contributed by atoms with Crippen molar-refractivity contribution in [3.63, 3.8) is 0 Å². The first kappa shape index (κ1) is 16.7. The van der Waals surface area contributed by atoms with Crippen LogP contribution in [0.3, 0.4) is 0 Å². The third-order valence-electron chi connectivity index (χ3n) is 3.61. The van der Waals surface area contributed by atoms with Crippen molar-refractivity contribution in [1.29, 1.82) is 0 Å². The summed E-state index contributed by atoms with van der Waals surface area (Å²) in [4.78, 5) is 11.7. The van der Waals surface area contributed by atoms with E-state index in [9.17, 15) is 4.79 Å². The van der Waals surface area contributed by atoms with Gasteiger partial charge < -0.3 is 4.74 Å². The van der Waals surface area contributed by atoms with Gasteiger partial charge in [0.25, 0.3) is 0 Å². The Hall–Kier alpha value is -1.31. The van der Waals surface area contributed by atoms with Crippen molar-refractivity contribution in [3.8, 4) is 0 Å². The molecule has 0 unspecified atom stereocenters. The Kier molecular flexibility index (Phi) is 8.77. The second-order valence-corrected chi connectivity index (χ2v) is 5.45. The van der Waals surface area contributed by atoms with E-state index >= 15 is 0 Å². The first-order valence-corrected chi connectivity index (χ1v) is 7.94. The minimum atomic E-state index is -0.106. The SMILES string of the molecule is CCCCCCCCCOC(=O)Cc1ccccc1C. The lowest BCUT2D eigenvalue weighted by Gasteiger charge is -2.07. The molecule has 0 aliphatic heterocycles. The quantitative estimate of drug-likeness (QED) is 0.452. The molecule has 1 rings (SSSR count). The van der Waals surface area contributed by atoms with Gasteiger partial charge in [-0.3, -0.25) is 4.79 Å². The minimum Gasteiger partial charge on any atom is -0.465 e. The van der Waals surface area contributed by atoms with E-state index in [1.54, 1.807) is 0 Å². The van der Waals surface area contributed by atoms with Crippen LogP contribution in [0, 0.1) is 6.92 Å². The molecule has 20 heavy (non-hydrogen) atoms. The number of esters is 1. The van der Waals surface area contributed by atoms with Crippen molar-refractivity contribution in [2.45, 2.75) is 65.2 Å². The Labute approximate surface area is 123 Å². The average molecular weight is 276 g/mol. The molecule has 0 aromatic heterocycles. The standard InChI is InChI=1S/C18H28O2/c1-3-4-5-6-7-8-11-14-20-18(19)15-17-13-10-9-12-16(17)2/h9-10,12-13H,3-8,11,14-15H2,1-2H3. The summed E-state index contributed by atoms with van der Waals surface area (Å²) in [6.07, 6.45) is 9.09. The van der Waals surface area contributed by atoms with E-state index in [-0.39, 0.29) is 5.97 Å². The monoisotopic (exact) mass is 276 g/mol. The van der Waals surface area contributed by atoms with Crippen LogP contribution in [0.4, 0.5) is 0 Å². The number of carbonyl (C=O) groups is 1. The van der Waals surface area contributed by atoms with E-state index < -0.39 is 0 Å². The summed E-state index contributed by atoms with van der Waals surface area (Å²) < 4.78 is 5.29. The minimum absolute atomic E-state index is 0.106. The molecule has 0 aliphatic rings. The fourth-order valence-electron chi connectivity index (χ4n) is 2.26. The van der Waals surface area contributed by atoms with Crippen molar-refractivity contribution in [3.05, 3.63) is 35.4 Å². The van der Waals surface area contributed by atoms with Crippen molar-refractivity contribution in [2.24, 2.45) is 0 Å². The maximum Gasteiger partial charge on any atom is 0.310 e. The van der Waals surface area contributed by atoms with Crippen molar-refractivity contribution >= 4 is 5.97 Å². The average Bonchev–Trinajstić information content (AvgIpc) is 2.44. The molecule has 0 fully saturated rings. The summed E-state index contributed by atoms with van der Waals surface area (Å²) in [5, 5.41) is 0. The van der Waals surface area contributed by atoms with E-state index in [0.717, 1.165) is 17.5 Å². The number of benzene rings is 1. The lowest BCUT2D eigenvalue weighted by molar-refractivity contribution is -0.142. The molecule has 0 spiro atoms. The van der Waals surface area contributed by atoms with Crippen LogP contribution in [-0.4, -0.2) is 12.6 Å². The highest BCUT2D eigenvalue weighted by Crippen LogP contribution is 2.09. The molecule has 0 bridgehead atoms. The van der Waals surface area contributed by atoms with E-state index in [0.29, 0.717) is 13.0 Å². The number of unbranched alkanes of at least 4 members (excludes halogenated alkanes) is 6. The molecule has 0 heterocycles. The van der Waals surface area contributed by atoms with Gasteiger partial charge in [0.1, 0.15) is 0 Å². The Morgan fingerprint density at radius 2 is 1.65 bits per heavy atom. The van der Waals surface area contributed by atoms with Gasteiger partial charge in [-0.25, -0.2) is 0 Å². The molecule has 2 nitrogen and oxygen atoms in total. The van der Waals surface area contributed by atoms with Crippen molar-refractivity contribution in [1.82, 2.24) is 0 Å². The Bertz CT molecular complexity index is 385. The van der Waals surface area contributed by atoms with E-state index in [1.807, 2.05) is 31.2 Å². The highest BCUT2D eigenvalue weighted by molar-refractivity contribution is 5.73. The lowest BCUT2D eigenvalue weighted by atomic mass is 10.1. The van der Waals surface area contributed by atoms with E-state index in [2.05, 4.69) is 6.92 Å². The summed E-state index contributed by atoms with van der Waals surface area (Å²) in [6, 6.07) is 7.97. The summed E-state index contributed by atoms with van der Waals surface area (Å²) in [5.74, 6) is -0.106. The fourth-order valence-corrected chi connectivity index (χ4v) is 2.26. The highest BCUT2D eigenvalue weighted by atomic mass is 16.5. The second kappa shape index (κ2) is 10.5. The van der Waals surface area contributed by atoms with E-state index in [1.165, 1.54) is 38.5 Å². The summed E-state index contributed by atoms with van der Waals surface area (Å²) in [7, 11) is 0. The second-order valence-electron chi connectivity index (χ2n) is 5.45. The molecule has 0 amide bonds. The Morgan fingerprint density at radius 3 is 2.35 bits per heavy atom. The largest absolute Gasteiger partial charge is 0.465 e. The van der Waals surface area contributed by atoms with E-state index in [4.69, 9.17) is 4.74 Å². The third-order valence-corrected chi connectivity index (χ3v) is 3.61. The summed E-state index contributed by atoms with van der Waals surface area (Å²) in [5.41, 5.74) is 2.22. The Morgan fingerprint density at radius 1 is 1.00 bits per heavy atom. The number of aryl methyl sites for hydroxylation is 1.